The highest BCUT2D eigenvalue weighted by Gasteiger charge is 2.15. The van der Waals surface area contributed by atoms with Gasteiger partial charge < -0.3 is 0 Å². The van der Waals surface area contributed by atoms with E-state index in [1.54, 1.807) is 19.1 Å². The summed E-state index contributed by atoms with van der Waals surface area (Å²) in [6.45, 7) is 1.72. The normalized spacial score (nSPS) is 10.9. The Kier molecular flexibility index (Phi) is 4.03. The highest BCUT2D eigenvalue weighted by Crippen LogP contribution is 2.33. The minimum atomic E-state index is -3.73. The molecule has 0 aromatic heterocycles. The Morgan fingerprint density at radius 3 is 2.62 bits per heavy atom. The molecule has 0 saturated heterocycles. The maximum atomic E-state index is 11.4. The molecule has 0 spiro atoms. The van der Waals surface area contributed by atoms with Gasteiger partial charge in [-0.1, -0.05) is 29.3 Å². The van der Waals surface area contributed by atoms with Crippen LogP contribution in [0.25, 0.3) is 0 Å². The molecule has 0 aliphatic carbocycles. The van der Waals surface area contributed by atoms with Crippen LogP contribution in [0.1, 0.15) is 5.56 Å². The second kappa shape index (κ2) is 4.91. The van der Waals surface area contributed by atoms with Gasteiger partial charge in [0.05, 0.1) is 21.8 Å². The lowest BCUT2D eigenvalue weighted by molar-refractivity contribution is 0.604. The third-order valence-electron chi connectivity index (χ3n) is 1.80. The molecule has 7 heteroatoms. The number of sulfonamides is 1. The van der Waals surface area contributed by atoms with Crippen molar-refractivity contribution in [1.82, 2.24) is 0 Å². The number of nitriles is 1. The Bertz CT molecular complexity index is 549. The molecule has 1 aromatic carbocycles. The van der Waals surface area contributed by atoms with E-state index in [1.807, 2.05) is 0 Å². The van der Waals surface area contributed by atoms with E-state index < -0.39 is 15.8 Å². The Hall–Kier alpha value is -0.960. The van der Waals surface area contributed by atoms with Crippen molar-refractivity contribution < 1.29 is 8.42 Å². The van der Waals surface area contributed by atoms with Crippen LogP contribution >= 0.6 is 23.2 Å². The number of halogens is 2. The molecule has 0 aliphatic heterocycles. The van der Waals surface area contributed by atoms with Crippen LogP contribution in [0.15, 0.2) is 12.1 Å². The number of rotatable bonds is 3. The molecule has 0 aliphatic rings. The fourth-order valence-corrected chi connectivity index (χ4v) is 2.37. The molecule has 0 heterocycles. The predicted octanol–water partition coefficient (Wildman–Crippen LogP) is 2.57. The van der Waals surface area contributed by atoms with Crippen LogP contribution in [0.4, 0.5) is 5.69 Å². The second-order valence-corrected chi connectivity index (χ2v) is 5.58. The fourth-order valence-electron chi connectivity index (χ4n) is 1.03. The number of anilines is 1. The fraction of sp³-hybridized carbons (Fsp3) is 0.222. The van der Waals surface area contributed by atoms with E-state index in [-0.39, 0.29) is 15.7 Å². The molecular formula is C9H8Cl2N2O2S. The van der Waals surface area contributed by atoms with Crippen molar-refractivity contribution in [3.05, 3.63) is 27.7 Å². The van der Waals surface area contributed by atoms with Crippen molar-refractivity contribution in [2.75, 3.05) is 10.5 Å². The Balaban J connectivity index is 3.17. The Morgan fingerprint density at radius 1 is 1.44 bits per heavy atom. The SMILES string of the molecule is Cc1ccc(Cl)c(NS(=O)(=O)CC#N)c1Cl. The molecule has 1 aromatic rings. The highest BCUT2D eigenvalue weighted by molar-refractivity contribution is 7.92. The van der Waals surface area contributed by atoms with Crippen molar-refractivity contribution in [2.24, 2.45) is 0 Å². The molecule has 1 rings (SSSR count). The summed E-state index contributed by atoms with van der Waals surface area (Å²) in [5.41, 5.74) is 0.805. The number of nitrogens with zero attached hydrogens (tertiary/aromatic N) is 1. The summed E-state index contributed by atoms with van der Waals surface area (Å²) in [6.07, 6.45) is 0. The van der Waals surface area contributed by atoms with E-state index in [4.69, 9.17) is 28.5 Å². The highest BCUT2D eigenvalue weighted by atomic mass is 35.5. The first-order chi connectivity index (χ1) is 7.37. The van der Waals surface area contributed by atoms with Gasteiger partial charge in [-0.15, -0.1) is 0 Å². The lowest BCUT2D eigenvalue weighted by atomic mass is 10.2. The van der Waals surface area contributed by atoms with Gasteiger partial charge in [0, 0.05) is 0 Å². The lowest BCUT2D eigenvalue weighted by Gasteiger charge is -2.10. The average Bonchev–Trinajstić information content (AvgIpc) is 2.19. The molecule has 0 fully saturated rings. The van der Waals surface area contributed by atoms with Crippen LogP contribution in [0.5, 0.6) is 0 Å². The molecule has 0 atom stereocenters. The number of hydrogen-bond acceptors (Lipinski definition) is 3. The minimum Gasteiger partial charge on any atom is -0.280 e. The first kappa shape index (κ1) is 13.1. The van der Waals surface area contributed by atoms with Crippen LogP contribution in [0.3, 0.4) is 0 Å². The first-order valence-corrected chi connectivity index (χ1v) is 6.60. The van der Waals surface area contributed by atoms with Crippen LogP contribution in [-0.2, 0) is 10.0 Å². The van der Waals surface area contributed by atoms with E-state index in [1.165, 1.54) is 6.07 Å². The molecule has 86 valence electrons. The average molecular weight is 279 g/mol. The van der Waals surface area contributed by atoms with Crippen molar-refractivity contribution in [3.8, 4) is 6.07 Å². The van der Waals surface area contributed by atoms with Gasteiger partial charge >= 0.3 is 0 Å². The van der Waals surface area contributed by atoms with Gasteiger partial charge in [0.25, 0.3) is 0 Å². The summed E-state index contributed by atoms with van der Waals surface area (Å²) in [7, 11) is -3.73. The standard InChI is InChI=1S/C9H8Cl2N2O2S/c1-6-2-3-7(10)9(8(6)11)13-16(14,15)5-4-12/h2-3,13H,5H2,1H3. The van der Waals surface area contributed by atoms with Crippen molar-refractivity contribution in [2.45, 2.75) is 6.92 Å². The molecular weight excluding hydrogens is 271 g/mol. The molecule has 4 nitrogen and oxygen atoms in total. The van der Waals surface area contributed by atoms with Crippen LogP contribution < -0.4 is 4.72 Å². The van der Waals surface area contributed by atoms with E-state index in [9.17, 15) is 8.42 Å². The van der Waals surface area contributed by atoms with E-state index >= 15 is 0 Å². The zero-order chi connectivity index (χ0) is 12.3. The maximum Gasteiger partial charge on any atom is 0.246 e. The van der Waals surface area contributed by atoms with Gasteiger partial charge in [-0.05, 0) is 18.6 Å². The minimum absolute atomic E-state index is 0.110. The van der Waals surface area contributed by atoms with Crippen LogP contribution in [0.2, 0.25) is 10.0 Å². The second-order valence-electron chi connectivity index (χ2n) is 3.07. The predicted molar refractivity (Wildman–Crippen MR) is 64.2 cm³/mol. The van der Waals surface area contributed by atoms with Gasteiger partial charge in [0.15, 0.2) is 5.75 Å². The van der Waals surface area contributed by atoms with Crippen LogP contribution in [0, 0.1) is 18.3 Å². The summed E-state index contributed by atoms with van der Waals surface area (Å²) in [5, 5.41) is 8.76. The summed E-state index contributed by atoms with van der Waals surface area (Å²) in [6, 6.07) is 4.75. The van der Waals surface area contributed by atoms with Gasteiger partial charge in [-0.2, -0.15) is 5.26 Å². The monoisotopic (exact) mass is 278 g/mol. The smallest absolute Gasteiger partial charge is 0.246 e. The summed E-state index contributed by atoms with van der Waals surface area (Å²) in [4.78, 5) is 0. The molecule has 1 N–H and O–H groups in total. The maximum absolute atomic E-state index is 11.4. The first-order valence-electron chi connectivity index (χ1n) is 4.19. The molecule has 0 radical (unpaired) electrons. The molecule has 0 unspecified atom stereocenters. The number of nitrogens with one attached hydrogen (secondary N) is 1. The largest absolute Gasteiger partial charge is 0.280 e. The Labute approximate surface area is 104 Å². The molecule has 0 amide bonds. The quantitative estimate of drug-likeness (QED) is 0.924. The van der Waals surface area contributed by atoms with E-state index in [2.05, 4.69) is 4.72 Å². The van der Waals surface area contributed by atoms with Gasteiger partial charge in [-0.25, -0.2) is 8.42 Å². The van der Waals surface area contributed by atoms with Crippen molar-refractivity contribution in [3.63, 3.8) is 0 Å². The molecule has 0 bridgehead atoms. The number of hydrogen-bond donors (Lipinski definition) is 1. The Morgan fingerprint density at radius 2 is 2.06 bits per heavy atom. The molecule has 16 heavy (non-hydrogen) atoms. The van der Waals surface area contributed by atoms with Crippen molar-refractivity contribution in [1.29, 1.82) is 5.26 Å². The third kappa shape index (κ3) is 3.01. The molecule has 0 saturated carbocycles. The summed E-state index contributed by atoms with van der Waals surface area (Å²) in [5.74, 6) is -0.645. The third-order valence-corrected chi connectivity index (χ3v) is 3.62. The van der Waals surface area contributed by atoms with E-state index in [0.717, 1.165) is 0 Å². The topological polar surface area (TPSA) is 70.0 Å². The summed E-state index contributed by atoms with van der Waals surface area (Å²) < 4.78 is 24.9. The van der Waals surface area contributed by atoms with E-state index in [0.29, 0.717) is 5.56 Å². The van der Waals surface area contributed by atoms with Crippen molar-refractivity contribution >= 4 is 38.9 Å². The van der Waals surface area contributed by atoms with Gasteiger partial charge in [0.2, 0.25) is 10.0 Å². The van der Waals surface area contributed by atoms with Crippen LogP contribution in [-0.4, -0.2) is 14.2 Å². The summed E-state index contributed by atoms with van der Waals surface area (Å²) >= 11 is 11.7. The zero-order valence-corrected chi connectivity index (χ0v) is 10.6. The zero-order valence-electron chi connectivity index (χ0n) is 8.29. The number of benzene rings is 1. The lowest BCUT2D eigenvalue weighted by Crippen LogP contribution is -2.16. The van der Waals surface area contributed by atoms with Gasteiger partial charge in [-0.3, -0.25) is 4.72 Å². The van der Waals surface area contributed by atoms with Gasteiger partial charge in [0.1, 0.15) is 0 Å². The number of aryl methyl sites for hydroxylation is 1.